The molecule has 1 unspecified atom stereocenters. The van der Waals surface area contributed by atoms with Crippen molar-refractivity contribution in [2.24, 2.45) is 7.05 Å². The summed E-state index contributed by atoms with van der Waals surface area (Å²) in [7, 11) is 1.94. The third kappa shape index (κ3) is 3.21. The third-order valence-electron chi connectivity index (χ3n) is 2.89. The molecule has 0 bridgehead atoms. The topological polar surface area (TPSA) is 29.9 Å². The Hall–Kier alpha value is -0.360. The zero-order chi connectivity index (χ0) is 14.0. The average Bonchev–Trinajstić information content (AvgIpc) is 2.67. The summed E-state index contributed by atoms with van der Waals surface area (Å²) >= 11 is 13.2. The number of nitrogens with one attached hydrogen (secondary N) is 1. The number of rotatable bonds is 4. The molecule has 2 aromatic rings. The van der Waals surface area contributed by atoms with E-state index in [0.29, 0.717) is 0 Å². The van der Waals surface area contributed by atoms with Crippen LogP contribution in [0.1, 0.15) is 24.2 Å². The molecule has 0 saturated carbocycles. The summed E-state index contributed by atoms with van der Waals surface area (Å²) in [5.74, 6) is 0. The SMILES string of the molecule is CCNC(c1ccc(Cl)cc1Br)c1c(Br)cnn1C. The number of hydrogen-bond acceptors (Lipinski definition) is 2. The van der Waals surface area contributed by atoms with Gasteiger partial charge in [-0.05, 0) is 40.2 Å². The van der Waals surface area contributed by atoms with E-state index in [9.17, 15) is 0 Å². The minimum atomic E-state index is 0.0542. The van der Waals surface area contributed by atoms with Crippen LogP contribution in [0.25, 0.3) is 0 Å². The first-order chi connectivity index (χ1) is 9.04. The van der Waals surface area contributed by atoms with Crippen molar-refractivity contribution >= 4 is 43.5 Å². The predicted octanol–water partition coefficient (Wildman–Crippen LogP) is 4.30. The van der Waals surface area contributed by atoms with Gasteiger partial charge in [-0.2, -0.15) is 5.10 Å². The third-order valence-corrected chi connectivity index (χ3v) is 4.43. The monoisotopic (exact) mass is 405 g/mol. The van der Waals surface area contributed by atoms with Crippen LogP contribution in [0.4, 0.5) is 0 Å². The fourth-order valence-corrected chi connectivity index (χ4v) is 3.53. The van der Waals surface area contributed by atoms with Gasteiger partial charge >= 0.3 is 0 Å². The minimum absolute atomic E-state index is 0.0542. The van der Waals surface area contributed by atoms with E-state index in [0.717, 1.165) is 31.8 Å². The molecule has 0 fully saturated rings. The van der Waals surface area contributed by atoms with Crippen molar-refractivity contribution in [2.75, 3.05) is 6.54 Å². The summed E-state index contributed by atoms with van der Waals surface area (Å²) in [6.07, 6.45) is 1.81. The van der Waals surface area contributed by atoms with Gasteiger partial charge < -0.3 is 5.32 Å². The Morgan fingerprint density at radius 3 is 2.63 bits per heavy atom. The number of halogens is 3. The quantitative estimate of drug-likeness (QED) is 0.819. The molecule has 1 N–H and O–H groups in total. The Labute approximate surface area is 134 Å². The smallest absolute Gasteiger partial charge is 0.0770 e. The van der Waals surface area contributed by atoms with Gasteiger partial charge in [-0.1, -0.05) is 40.5 Å². The molecule has 0 aliphatic heterocycles. The minimum Gasteiger partial charge on any atom is -0.305 e. The van der Waals surface area contributed by atoms with Crippen molar-refractivity contribution < 1.29 is 0 Å². The maximum atomic E-state index is 6.01. The summed E-state index contributed by atoms with van der Waals surface area (Å²) in [6.45, 7) is 2.94. The normalized spacial score (nSPS) is 12.7. The second kappa shape index (κ2) is 6.39. The highest BCUT2D eigenvalue weighted by atomic mass is 79.9. The van der Waals surface area contributed by atoms with Crippen LogP contribution >= 0.6 is 43.5 Å². The van der Waals surface area contributed by atoms with Crippen molar-refractivity contribution in [3.05, 3.63) is 49.6 Å². The Morgan fingerprint density at radius 2 is 2.11 bits per heavy atom. The molecule has 1 aromatic heterocycles. The molecule has 19 heavy (non-hydrogen) atoms. The van der Waals surface area contributed by atoms with E-state index in [1.165, 1.54) is 0 Å². The Balaban J connectivity index is 2.51. The molecule has 0 amide bonds. The van der Waals surface area contributed by atoms with Gasteiger partial charge in [0, 0.05) is 16.5 Å². The Bertz CT molecular complexity index is 564. The lowest BCUT2D eigenvalue weighted by molar-refractivity contribution is 0.569. The van der Waals surface area contributed by atoms with Gasteiger partial charge in [0.25, 0.3) is 0 Å². The molecule has 6 heteroatoms. The van der Waals surface area contributed by atoms with Crippen LogP contribution in [-0.4, -0.2) is 16.3 Å². The lowest BCUT2D eigenvalue weighted by Gasteiger charge is -2.21. The molecule has 3 nitrogen and oxygen atoms in total. The number of aryl methyl sites for hydroxylation is 1. The van der Waals surface area contributed by atoms with E-state index in [-0.39, 0.29) is 6.04 Å². The van der Waals surface area contributed by atoms with Crippen LogP contribution in [0.5, 0.6) is 0 Å². The van der Waals surface area contributed by atoms with Gasteiger partial charge in [0.15, 0.2) is 0 Å². The summed E-state index contributed by atoms with van der Waals surface area (Å²) in [4.78, 5) is 0. The molecule has 1 atom stereocenters. The summed E-state index contributed by atoms with van der Waals surface area (Å²) in [5.41, 5.74) is 2.22. The van der Waals surface area contributed by atoms with Crippen LogP contribution in [-0.2, 0) is 7.05 Å². The average molecular weight is 408 g/mol. The van der Waals surface area contributed by atoms with Gasteiger partial charge in [0.1, 0.15) is 0 Å². The highest BCUT2D eigenvalue weighted by Gasteiger charge is 2.21. The second-order valence-corrected chi connectivity index (χ2v) is 6.30. The van der Waals surface area contributed by atoms with Crippen LogP contribution in [0.15, 0.2) is 33.3 Å². The van der Waals surface area contributed by atoms with Crippen LogP contribution in [0.2, 0.25) is 5.02 Å². The van der Waals surface area contributed by atoms with E-state index in [1.54, 1.807) is 0 Å². The van der Waals surface area contributed by atoms with E-state index in [2.05, 4.69) is 49.2 Å². The fourth-order valence-electron chi connectivity index (χ4n) is 2.04. The van der Waals surface area contributed by atoms with Gasteiger partial charge in [-0.3, -0.25) is 4.68 Å². The van der Waals surface area contributed by atoms with Crippen molar-refractivity contribution in [3.63, 3.8) is 0 Å². The molecule has 0 spiro atoms. The van der Waals surface area contributed by atoms with E-state index in [1.807, 2.05) is 36.1 Å². The first-order valence-electron chi connectivity index (χ1n) is 5.90. The second-order valence-electron chi connectivity index (χ2n) is 4.16. The van der Waals surface area contributed by atoms with E-state index in [4.69, 9.17) is 11.6 Å². The predicted molar refractivity (Wildman–Crippen MR) is 85.6 cm³/mol. The van der Waals surface area contributed by atoms with E-state index < -0.39 is 0 Å². The zero-order valence-electron chi connectivity index (χ0n) is 10.6. The highest BCUT2D eigenvalue weighted by molar-refractivity contribution is 9.10. The summed E-state index contributed by atoms with van der Waals surface area (Å²) in [6, 6.07) is 5.89. The van der Waals surface area contributed by atoms with Crippen molar-refractivity contribution in [1.29, 1.82) is 0 Å². The first kappa shape index (κ1) is 15.0. The van der Waals surface area contributed by atoms with Crippen molar-refractivity contribution in [1.82, 2.24) is 15.1 Å². The Kier molecular flexibility index (Phi) is 5.06. The van der Waals surface area contributed by atoms with E-state index >= 15 is 0 Å². The summed E-state index contributed by atoms with van der Waals surface area (Å²) < 4.78 is 3.85. The lowest BCUT2D eigenvalue weighted by atomic mass is 10.0. The standard InChI is InChI=1S/C13H14Br2ClN3/c1-3-17-12(13-11(15)7-18-19(13)2)9-5-4-8(16)6-10(9)14/h4-7,12,17H,3H2,1-2H3. The van der Waals surface area contributed by atoms with Gasteiger partial charge in [-0.25, -0.2) is 0 Å². The van der Waals surface area contributed by atoms with Crippen LogP contribution in [0, 0.1) is 0 Å². The van der Waals surface area contributed by atoms with Gasteiger partial charge in [0.05, 0.1) is 22.4 Å². The maximum absolute atomic E-state index is 6.01. The first-order valence-corrected chi connectivity index (χ1v) is 7.86. The lowest BCUT2D eigenvalue weighted by Crippen LogP contribution is -2.25. The number of nitrogens with zero attached hydrogens (tertiary/aromatic N) is 2. The molecule has 2 rings (SSSR count). The molecule has 0 saturated heterocycles. The molecule has 0 aliphatic rings. The number of aromatic nitrogens is 2. The fraction of sp³-hybridized carbons (Fsp3) is 0.308. The number of hydrogen-bond donors (Lipinski definition) is 1. The molecule has 1 aromatic carbocycles. The van der Waals surface area contributed by atoms with Crippen molar-refractivity contribution in [3.8, 4) is 0 Å². The number of benzene rings is 1. The zero-order valence-corrected chi connectivity index (χ0v) is 14.6. The Morgan fingerprint density at radius 1 is 1.37 bits per heavy atom. The maximum Gasteiger partial charge on any atom is 0.0770 e. The molecular weight excluding hydrogens is 393 g/mol. The molecule has 102 valence electrons. The molecule has 1 heterocycles. The van der Waals surface area contributed by atoms with Crippen molar-refractivity contribution in [2.45, 2.75) is 13.0 Å². The summed E-state index contributed by atoms with van der Waals surface area (Å²) in [5, 5.41) is 8.48. The molecular formula is C13H14Br2ClN3. The molecule has 0 aliphatic carbocycles. The van der Waals surface area contributed by atoms with Crippen LogP contribution in [0.3, 0.4) is 0 Å². The van der Waals surface area contributed by atoms with Gasteiger partial charge in [0.2, 0.25) is 0 Å². The highest BCUT2D eigenvalue weighted by Crippen LogP contribution is 2.33. The van der Waals surface area contributed by atoms with Gasteiger partial charge in [-0.15, -0.1) is 0 Å². The molecule has 0 radical (unpaired) electrons. The largest absolute Gasteiger partial charge is 0.305 e. The van der Waals surface area contributed by atoms with Crippen LogP contribution < -0.4 is 5.32 Å².